The van der Waals surface area contributed by atoms with Crippen LogP contribution in [-0.4, -0.2) is 36.6 Å². The molecule has 2 amide bonds. The van der Waals surface area contributed by atoms with Crippen molar-refractivity contribution in [3.8, 4) is 0 Å². The lowest BCUT2D eigenvalue weighted by atomic mass is 9.91. The predicted octanol–water partition coefficient (Wildman–Crippen LogP) is 4.60. The lowest BCUT2D eigenvalue weighted by Crippen LogP contribution is -2.42. The molecule has 28 heavy (non-hydrogen) atoms. The second-order valence-electron chi connectivity index (χ2n) is 6.81. The molecular weight excluding hydrogens is 397 g/mol. The maximum Gasteiger partial charge on any atom is 0.322 e. The zero-order valence-corrected chi connectivity index (χ0v) is 17.3. The van der Waals surface area contributed by atoms with E-state index in [1.807, 2.05) is 24.3 Å². The summed E-state index contributed by atoms with van der Waals surface area (Å²) in [5.41, 5.74) is 1.81. The highest BCUT2D eigenvalue weighted by Crippen LogP contribution is 2.18. The van der Waals surface area contributed by atoms with E-state index in [2.05, 4.69) is 5.32 Å². The quantitative estimate of drug-likeness (QED) is 0.508. The Hall–Kier alpha value is -2.37. The summed E-state index contributed by atoms with van der Waals surface area (Å²) in [5.74, 6) is -0.423. The number of ketones is 1. The minimum absolute atomic E-state index is 0.00913. The Bertz CT molecular complexity index is 834. The molecule has 0 spiro atoms. The number of urea groups is 1. The molecule has 5 nitrogen and oxygen atoms in total. The average Bonchev–Trinajstić information content (AvgIpc) is 2.64. The van der Waals surface area contributed by atoms with E-state index in [1.54, 1.807) is 38.4 Å². The van der Waals surface area contributed by atoms with Crippen molar-refractivity contribution in [3.63, 3.8) is 0 Å². The Morgan fingerprint density at radius 3 is 1.96 bits per heavy atom. The van der Waals surface area contributed by atoms with Gasteiger partial charge in [-0.2, -0.15) is 0 Å². The SMILES string of the molecule is CN(C)C(=O)NC(=N)[C@@H](CC(=O)Cc1ccc(Cl)cc1)Cc1ccc(Cl)cc1. The van der Waals surface area contributed by atoms with Gasteiger partial charge in [-0.1, -0.05) is 47.5 Å². The zero-order valence-electron chi connectivity index (χ0n) is 15.8. The van der Waals surface area contributed by atoms with Crippen LogP contribution in [0.2, 0.25) is 10.0 Å². The number of amides is 2. The first-order chi connectivity index (χ1) is 13.2. The van der Waals surface area contributed by atoms with Crippen molar-refractivity contribution in [2.45, 2.75) is 19.3 Å². The minimum atomic E-state index is -0.440. The fourth-order valence-electron chi connectivity index (χ4n) is 2.69. The number of hydrogen-bond donors (Lipinski definition) is 2. The summed E-state index contributed by atoms with van der Waals surface area (Å²) in [6, 6.07) is 14.0. The van der Waals surface area contributed by atoms with Gasteiger partial charge in [0.05, 0.1) is 0 Å². The summed E-state index contributed by atoms with van der Waals surface area (Å²) < 4.78 is 0. The van der Waals surface area contributed by atoms with Crippen LogP contribution in [0.1, 0.15) is 17.5 Å². The molecule has 2 aromatic rings. The molecule has 0 heterocycles. The number of benzene rings is 2. The van der Waals surface area contributed by atoms with Crippen LogP contribution in [0.4, 0.5) is 4.79 Å². The van der Waals surface area contributed by atoms with Crippen molar-refractivity contribution in [2.75, 3.05) is 14.1 Å². The Morgan fingerprint density at radius 2 is 1.46 bits per heavy atom. The third kappa shape index (κ3) is 6.98. The number of halogens is 2. The molecule has 7 heteroatoms. The van der Waals surface area contributed by atoms with Crippen LogP contribution in [0, 0.1) is 11.3 Å². The topological polar surface area (TPSA) is 73.3 Å². The Kier molecular flexibility index (Phi) is 8.03. The highest BCUT2D eigenvalue weighted by atomic mass is 35.5. The summed E-state index contributed by atoms with van der Waals surface area (Å²) in [6.45, 7) is 0. The number of nitrogens with one attached hydrogen (secondary N) is 2. The van der Waals surface area contributed by atoms with Gasteiger partial charge in [0, 0.05) is 42.9 Å². The van der Waals surface area contributed by atoms with Gasteiger partial charge in [0.1, 0.15) is 11.6 Å². The second kappa shape index (κ2) is 10.2. The average molecular weight is 420 g/mol. The van der Waals surface area contributed by atoms with Crippen LogP contribution in [0.15, 0.2) is 48.5 Å². The third-order valence-corrected chi connectivity index (χ3v) is 4.74. The lowest BCUT2D eigenvalue weighted by molar-refractivity contribution is -0.118. The molecule has 148 valence electrons. The van der Waals surface area contributed by atoms with Crippen LogP contribution in [0.5, 0.6) is 0 Å². The molecule has 0 aliphatic carbocycles. The van der Waals surface area contributed by atoms with Crippen molar-refractivity contribution < 1.29 is 9.59 Å². The zero-order chi connectivity index (χ0) is 20.7. The summed E-state index contributed by atoms with van der Waals surface area (Å²) in [6.07, 6.45) is 0.858. The molecule has 0 aromatic heterocycles. The van der Waals surface area contributed by atoms with Crippen LogP contribution >= 0.6 is 23.2 Å². The number of amidine groups is 1. The Labute approximate surface area is 175 Å². The second-order valence-corrected chi connectivity index (χ2v) is 7.68. The van der Waals surface area contributed by atoms with Gasteiger partial charge in [0.15, 0.2) is 0 Å². The van der Waals surface area contributed by atoms with E-state index in [-0.39, 0.29) is 24.5 Å². The molecule has 2 N–H and O–H groups in total. The molecule has 0 aliphatic heterocycles. The van der Waals surface area contributed by atoms with Gasteiger partial charge in [-0.15, -0.1) is 0 Å². The molecule has 0 fully saturated rings. The van der Waals surface area contributed by atoms with E-state index < -0.39 is 11.9 Å². The van der Waals surface area contributed by atoms with E-state index in [0.717, 1.165) is 11.1 Å². The first kappa shape index (κ1) is 21.9. The van der Waals surface area contributed by atoms with Crippen LogP contribution in [0.3, 0.4) is 0 Å². The summed E-state index contributed by atoms with van der Waals surface area (Å²) in [4.78, 5) is 25.9. The van der Waals surface area contributed by atoms with Crippen LogP contribution < -0.4 is 5.32 Å². The first-order valence-electron chi connectivity index (χ1n) is 8.82. The fourth-order valence-corrected chi connectivity index (χ4v) is 2.94. The molecule has 0 bridgehead atoms. The number of carbonyl (C=O) groups excluding carboxylic acids is 2. The molecule has 1 atom stereocenters. The molecule has 2 aromatic carbocycles. The highest BCUT2D eigenvalue weighted by molar-refractivity contribution is 6.30. The molecule has 0 saturated carbocycles. The number of Topliss-reactive ketones (excluding diaryl/α,β-unsaturated/α-hetero) is 1. The van der Waals surface area contributed by atoms with Gasteiger partial charge in [0.2, 0.25) is 0 Å². The normalized spacial score (nSPS) is 11.6. The van der Waals surface area contributed by atoms with Crippen LogP contribution in [0.25, 0.3) is 0 Å². The number of hydrogen-bond acceptors (Lipinski definition) is 3. The number of rotatable bonds is 7. The van der Waals surface area contributed by atoms with Gasteiger partial charge in [-0.3, -0.25) is 15.5 Å². The third-order valence-electron chi connectivity index (χ3n) is 4.24. The van der Waals surface area contributed by atoms with E-state index in [9.17, 15) is 9.59 Å². The summed E-state index contributed by atoms with van der Waals surface area (Å²) in [7, 11) is 3.20. The van der Waals surface area contributed by atoms with Crippen molar-refractivity contribution in [2.24, 2.45) is 5.92 Å². The van der Waals surface area contributed by atoms with E-state index in [0.29, 0.717) is 16.5 Å². The highest BCUT2D eigenvalue weighted by Gasteiger charge is 2.22. The maximum absolute atomic E-state index is 12.6. The molecular formula is C21H23Cl2N3O2. The lowest BCUT2D eigenvalue weighted by Gasteiger charge is -2.20. The van der Waals surface area contributed by atoms with Crippen LogP contribution in [-0.2, 0) is 17.6 Å². The van der Waals surface area contributed by atoms with E-state index in [4.69, 9.17) is 28.6 Å². The van der Waals surface area contributed by atoms with Crippen molar-refractivity contribution in [1.82, 2.24) is 10.2 Å². The van der Waals surface area contributed by atoms with Gasteiger partial charge >= 0.3 is 6.03 Å². The predicted molar refractivity (Wildman–Crippen MR) is 113 cm³/mol. The van der Waals surface area contributed by atoms with Gasteiger partial charge < -0.3 is 4.90 Å². The van der Waals surface area contributed by atoms with Crippen molar-refractivity contribution >= 4 is 40.9 Å². The smallest absolute Gasteiger partial charge is 0.322 e. The molecule has 0 radical (unpaired) electrons. The maximum atomic E-state index is 12.6. The Morgan fingerprint density at radius 1 is 0.964 bits per heavy atom. The fraction of sp³-hybridized carbons (Fsp3) is 0.286. The minimum Gasteiger partial charge on any atom is -0.331 e. The number of nitrogens with zero attached hydrogens (tertiary/aromatic N) is 1. The summed E-state index contributed by atoms with van der Waals surface area (Å²) in [5, 5.41) is 12.1. The molecule has 0 aliphatic rings. The van der Waals surface area contributed by atoms with E-state index in [1.165, 1.54) is 4.90 Å². The largest absolute Gasteiger partial charge is 0.331 e. The summed E-state index contributed by atoms with van der Waals surface area (Å²) >= 11 is 11.8. The monoisotopic (exact) mass is 419 g/mol. The standard InChI is InChI=1S/C21H23Cl2N3O2/c1-26(2)21(28)25-20(24)16(11-14-3-7-17(22)8-4-14)13-19(27)12-15-5-9-18(23)10-6-15/h3-10,16H,11-13H2,1-2H3,(H2,24,25,28)/t16-/m1/s1. The number of carbonyl (C=O) groups is 2. The first-order valence-corrected chi connectivity index (χ1v) is 9.57. The van der Waals surface area contributed by atoms with Gasteiger partial charge in [-0.25, -0.2) is 4.79 Å². The molecule has 2 rings (SSSR count). The molecule has 0 unspecified atom stereocenters. The van der Waals surface area contributed by atoms with E-state index >= 15 is 0 Å². The van der Waals surface area contributed by atoms with Crippen molar-refractivity contribution in [1.29, 1.82) is 5.41 Å². The van der Waals surface area contributed by atoms with Gasteiger partial charge in [-0.05, 0) is 41.8 Å². The van der Waals surface area contributed by atoms with Crippen molar-refractivity contribution in [3.05, 3.63) is 69.7 Å². The van der Waals surface area contributed by atoms with Gasteiger partial charge in [0.25, 0.3) is 0 Å². The molecule has 0 saturated heterocycles. The Balaban J connectivity index is 2.10.